The SMILES string of the molecule is FC(F)(F)COc1ccc(NCC2CCCOC2)cc1. The van der Waals surface area contributed by atoms with Gasteiger partial charge in [-0.1, -0.05) is 0 Å². The third-order valence-electron chi connectivity index (χ3n) is 3.11. The van der Waals surface area contributed by atoms with Crippen molar-refractivity contribution in [2.75, 3.05) is 31.7 Å². The second-order valence-corrected chi connectivity index (χ2v) is 4.89. The largest absolute Gasteiger partial charge is 0.484 e. The molecule has 0 saturated carbocycles. The lowest BCUT2D eigenvalue weighted by atomic mass is 10.0. The van der Waals surface area contributed by atoms with Gasteiger partial charge in [0.2, 0.25) is 0 Å². The first-order chi connectivity index (χ1) is 9.53. The van der Waals surface area contributed by atoms with Crippen molar-refractivity contribution < 1.29 is 22.6 Å². The van der Waals surface area contributed by atoms with E-state index in [-0.39, 0.29) is 5.75 Å². The molecule has 20 heavy (non-hydrogen) atoms. The number of benzene rings is 1. The average Bonchev–Trinajstić information content (AvgIpc) is 2.44. The molecule has 1 aromatic rings. The predicted molar refractivity (Wildman–Crippen MR) is 70.0 cm³/mol. The fraction of sp³-hybridized carbons (Fsp3) is 0.571. The second-order valence-electron chi connectivity index (χ2n) is 4.89. The zero-order chi connectivity index (χ0) is 14.4. The number of rotatable bonds is 5. The Hall–Kier alpha value is -1.43. The highest BCUT2D eigenvalue weighted by Crippen LogP contribution is 2.21. The fourth-order valence-electron chi connectivity index (χ4n) is 2.06. The van der Waals surface area contributed by atoms with E-state index in [2.05, 4.69) is 10.1 Å². The topological polar surface area (TPSA) is 30.5 Å². The minimum Gasteiger partial charge on any atom is -0.484 e. The molecule has 0 aliphatic carbocycles. The number of nitrogens with one attached hydrogen (secondary N) is 1. The Morgan fingerprint density at radius 1 is 1.25 bits per heavy atom. The van der Waals surface area contributed by atoms with Crippen LogP contribution in [0.15, 0.2) is 24.3 Å². The molecule has 1 saturated heterocycles. The molecular formula is C14H18F3NO2. The van der Waals surface area contributed by atoms with Crippen LogP contribution in [0.5, 0.6) is 5.75 Å². The Bertz CT molecular complexity index is 400. The summed E-state index contributed by atoms with van der Waals surface area (Å²) >= 11 is 0. The second kappa shape index (κ2) is 6.83. The number of alkyl halides is 3. The van der Waals surface area contributed by atoms with Crippen LogP contribution in [-0.2, 0) is 4.74 Å². The van der Waals surface area contributed by atoms with Crippen LogP contribution in [0, 0.1) is 5.92 Å². The molecule has 1 aliphatic heterocycles. The monoisotopic (exact) mass is 289 g/mol. The van der Waals surface area contributed by atoms with Crippen LogP contribution in [0.1, 0.15) is 12.8 Å². The van der Waals surface area contributed by atoms with E-state index in [0.29, 0.717) is 5.92 Å². The highest BCUT2D eigenvalue weighted by molar-refractivity contribution is 5.46. The quantitative estimate of drug-likeness (QED) is 0.900. The minimum absolute atomic E-state index is 0.217. The van der Waals surface area contributed by atoms with E-state index in [1.165, 1.54) is 12.1 Å². The summed E-state index contributed by atoms with van der Waals surface area (Å²) in [6.07, 6.45) is -2.09. The van der Waals surface area contributed by atoms with Crippen LogP contribution in [0.2, 0.25) is 0 Å². The van der Waals surface area contributed by atoms with Crippen molar-refractivity contribution in [2.24, 2.45) is 5.92 Å². The summed E-state index contributed by atoms with van der Waals surface area (Å²) in [6, 6.07) is 6.50. The predicted octanol–water partition coefficient (Wildman–Crippen LogP) is 3.47. The van der Waals surface area contributed by atoms with E-state index in [0.717, 1.165) is 38.3 Å². The van der Waals surface area contributed by atoms with Gasteiger partial charge < -0.3 is 14.8 Å². The van der Waals surface area contributed by atoms with Crippen molar-refractivity contribution in [3.05, 3.63) is 24.3 Å². The van der Waals surface area contributed by atoms with Gasteiger partial charge in [-0.3, -0.25) is 0 Å². The number of hydrogen-bond donors (Lipinski definition) is 1. The molecular weight excluding hydrogens is 271 g/mol. The van der Waals surface area contributed by atoms with E-state index in [1.807, 2.05) is 0 Å². The molecule has 1 atom stereocenters. The van der Waals surface area contributed by atoms with Crippen molar-refractivity contribution in [3.63, 3.8) is 0 Å². The van der Waals surface area contributed by atoms with Crippen LogP contribution in [0.25, 0.3) is 0 Å². The highest BCUT2D eigenvalue weighted by atomic mass is 19.4. The lowest BCUT2D eigenvalue weighted by molar-refractivity contribution is -0.153. The minimum atomic E-state index is -4.31. The van der Waals surface area contributed by atoms with E-state index >= 15 is 0 Å². The molecule has 1 unspecified atom stereocenters. The van der Waals surface area contributed by atoms with Gasteiger partial charge in [0.1, 0.15) is 5.75 Å². The van der Waals surface area contributed by atoms with Crippen LogP contribution in [0.4, 0.5) is 18.9 Å². The summed E-state index contributed by atoms with van der Waals surface area (Å²) in [6.45, 7) is 1.14. The molecule has 0 aromatic heterocycles. The van der Waals surface area contributed by atoms with Crippen molar-refractivity contribution in [1.82, 2.24) is 0 Å². The molecule has 1 aromatic carbocycles. The Labute approximate surface area is 116 Å². The maximum absolute atomic E-state index is 12.0. The standard InChI is InChI=1S/C14H18F3NO2/c15-14(16,17)10-20-13-5-3-12(4-6-13)18-8-11-2-1-7-19-9-11/h3-6,11,18H,1-2,7-10H2. The molecule has 0 bridgehead atoms. The number of anilines is 1. The number of halogens is 3. The third kappa shape index (κ3) is 5.28. The van der Waals surface area contributed by atoms with Crippen molar-refractivity contribution in [1.29, 1.82) is 0 Å². The number of hydrogen-bond acceptors (Lipinski definition) is 3. The molecule has 1 aliphatic rings. The van der Waals surface area contributed by atoms with Crippen LogP contribution in [0.3, 0.4) is 0 Å². The number of ether oxygens (including phenoxy) is 2. The zero-order valence-corrected chi connectivity index (χ0v) is 11.1. The first kappa shape index (κ1) is 15.0. The Balaban J connectivity index is 1.76. The lowest BCUT2D eigenvalue weighted by Gasteiger charge is -2.22. The van der Waals surface area contributed by atoms with Gasteiger partial charge in [0.05, 0.1) is 6.61 Å². The smallest absolute Gasteiger partial charge is 0.422 e. The average molecular weight is 289 g/mol. The van der Waals surface area contributed by atoms with Gasteiger partial charge in [-0.25, -0.2) is 0 Å². The molecule has 6 heteroatoms. The maximum atomic E-state index is 12.0. The van der Waals surface area contributed by atoms with Gasteiger partial charge in [-0.15, -0.1) is 0 Å². The van der Waals surface area contributed by atoms with Gasteiger partial charge in [0.25, 0.3) is 0 Å². The molecule has 0 amide bonds. The molecule has 0 spiro atoms. The maximum Gasteiger partial charge on any atom is 0.422 e. The molecule has 2 rings (SSSR count). The van der Waals surface area contributed by atoms with E-state index in [4.69, 9.17) is 4.74 Å². The van der Waals surface area contributed by atoms with Gasteiger partial charge in [0, 0.05) is 18.8 Å². The molecule has 1 N–H and O–H groups in total. The van der Waals surface area contributed by atoms with Crippen molar-refractivity contribution >= 4 is 5.69 Å². The summed E-state index contributed by atoms with van der Waals surface area (Å²) in [5, 5.41) is 3.26. The first-order valence-electron chi connectivity index (χ1n) is 6.64. The molecule has 0 radical (unpaired) electrons. The molecule has 3 nitrogen and oxygen atoms in total. The van der Waals surface area contributed by atoms with Crippen LogP contribution < -0.4 is 10.1 Å². The van der Waals surface area contributed by atoms with E-state index in [9.17, 15) is 13.2 Å². The molecule has 1 fully saturated rings. The third-order valence-corrected chi connectivity index (χ3v) is 3.11. The Morgan fingerprint density at radius 3 is 2.60 bits per heavy atom. The highest BCUT2D eigenvalue weighted by Gasteiger charge is 2.28. The van der Waals surface area contributed by atoms with E-state index in [1.54, 1.807) is 12.1 Å². The Kier molecular flexibility index (Phi) is 5.11. The van der Waals surface area contributed by atoms with Gasteiger partial charge in [-0.05, 0) is 43.0 Å². The van der Waals surface area contributed by atoms with Crippen molar-refractivity contribution in [3.8, 4) is 5.75 Å². The summed E-state index contributed by atoms with van der Waals surface area (Å²) < 4.78 is 46.0. The van der Waals surface area contributed by atoms with Gasteiger partial charge >= 0.3 is 6.18 Å². The Morgan fingerprint density at radius 2 is 2.00 bits per heavy atom. The zero-order valence-electron chi connectivity index (χ0n) is 11.1. The summed E-state index contributed by atoms with van der Waals surface area (Å²) in [5.41, 5.74) is 0.870. The van der Waals surface area contributed by atoms with Gasteiger partial charge in [-0.2, -0.15) is 13.2 Å². The first-order valence-corrected chi connectivity index (χ1v) is 6.64. The van der Waals surface area contributed by atoms with Gasteiger partial charge in [0.15, 0.2) is 6.61 Å². The van der Waals surface area contributed by atoms with Crippen LogP contribution in [-0.4, -0.2) is 32.5 Å². The normalized spacial score (nSPS) is 19.6. The van der Waals surface area contributed by atoms with Crippen molar-refractivity contribution in [2.45, 2.75) is 19.0 Å². The fourth-order valence-corrected chi connectivity index (χ4v) is 2.06. The summed E-state index contributed by atoms with van der Waals surface area (Å²) in [5.74, 6) is 0.707. The molecule has 112 valence electrons. The summed E-state index contributed by atoms with van der Waals surface area (Å²) in [7, 11) is 0. The van der Waals surface area contributed by atoms with E-state index < -0.39 is 12.8 Å². The molecule has 1 heterocycles. The van der Waals surface area contributed by atoms with Crippen LogP contribution >= 0.6 is 0 Å². The lowest BCUT2D eigenvalue weighted by Crippen LogP contribution is -2.24. The summed E-state index contributed by atoms with van der Waals surface area (Å²) in [4.78, 5) is 0.